The monoisotopic (exact) mass is 423 g/mol. The molecule has 0 aromatic heterocycles. The summed E-state index contributed by atoms with van der Waals surface area (Å²) >= 11 is 12.5. The van der Waals surface area contributed by atoms with Crippen molar-refractivity contribution in [3.8, 4) is 11.1 Å². The Morgan fingerprint density at radius 2 is 1.64 bits per heavy atom. The van der Waals surface area contributed by atoms with Gasteiger partial charge in [0, 0.05) is 6.54 Å². The molecule has 2 aromatic rings. The van der Waals surface area contributed by atoms with Gasteiger partial charge in [0.05, 0.1) is 21.7 Å². The third-order valence-corrected chi connectivity index (χ3v) is 4.47. The predicted molar refractivity (Wildman–Crippen MR) is 107 cm³/mol. The molecule has 0 spiro atoms. The van der Waals surface area contributed by atoms with Crippen molar-refractivity contribution >= 4 is 41.0 Å². The van der Waals surface area contributed by atoms with E-state index in [9.17, 15) is 19.5 Å². The number of carbonyl (C=O) groups excluding carboxylic acids is 2. The van der Waals surface area contributed by atoms with Crippen LogP contribution in [0.25, 0.3) is 11.1 Å². The topological polar surface area (TPSA) is 122 Å². The Balaban J connectivity index is 2.20. The van der Waals surface area contributed by atoms with Gasteiger partial charge in [0.25, 0.3) is 5.91 Å². The average molecular weight is 424 g/mol. The fourth-order valence-electron chi connectivity index (χ4n) is 2.38. The first kappa shape index (κ1) is 21.7. The second kappa shape index (κ2) is 9.54. The zero-order valence-electron chi connectivity index (χ0n) is 14.9. The second-order valence-corrected chi connectivity index (χ2v) is 6.89. The van der Waals surface area contributed by atoms with Gasteiger partial charge in [-0.05, 0) is 30.2 Å². The van der Waals surface area contributed by atoms with E-state index in [0.29, 0.717) is 5.56 Å². The molecule has 0 heterocycles. The van der Waals surface area contributed by atoms with E-state index in [4.69, 9.17) is 28.9 Å². The zero-order chi connectivity index (χ0) is 20.8. The molecular formula is C19H19Cl2N3O4. The lowest BCUT2D eigenvalue weighted by molar-refractivity contribution is -0.139. The SMILES string of the molecule is C[C@H](N)C(=O)NC[C@H](NC(=O)c1c(Cl)cc(-c2ccccc2)cc1Cl)C(=O)O. The maximum Gasteiger partial charge on any atom is 0.328 e. The van der Waals surface area contributed by atoms with Crippen LogP contribution in [0.2, 0.25) is 10.0 Å². The van der Waals surface area contributed by atoms with E-state index >= 15 is 0 Å². The van der Waals surface area contributed by atoms with Crippen molar-refractivity contribution in [1.82, 2.24) is 10.6 Å². The lowest BCUT2D eigenvalue weighted by Gasteiger charge is -2.17. The number of hydrogen-bond acceptors (Lipinski definition) is 4. The molecule has 2 aromatic carbocycles. The van der Waals surface area contributed by atoms with Crippen LogP contribution >= 0.6 is 23.2 Å². The largest absolute Gasteiger partial charge is 0.480 e. The van der Waals surface area contributed by atoms with Gasteiger partial charge in [-0.1, -0.05) is 53.5 Å². The van der Waals surface area contributed by atoms with Crippen LogP contribution in [-0.2, 0) is 9.59 Å². The molecule has 0 fully saturated rings. The molecule has 7 nitrogen and oxygen atoms in total. The van der Waals surface area contributed by atoms with E-state index in [1.165, 1.54) is 6.92 Å². The number of rotatable bonds is 7. The number of benzene rings is 2. The van der Waals surface area contributed by atoms with Crippen molar-refractivity contribution in [1.29, 1.82) is 0 Å². The van der Waals surface area contributed by atoms with E-state index in [-0.39, 0.29) is 22.2 Å². The van der Waals surface area contributed by atoms with Gasteiger partial charge in [-0.2, -0.15) is 0 Å². The minimum Gasteiger partial charge on any atom is -0.480 e. The van der Waals surface area contributed by atoms with Gasteiger partial charge in [-0.15, -0.1) is 0 Å². The first-order valence-corrected chi connectivity index (χ1v) is 9.07. The van der Waals surface area contributed by atoms with Gasteiger partial charge in [0.2, 0.25) is 5.91 Å². The van der Waals surface area contributed by atoms with Gasteiger partial charge in [-0.25, -0.2) is 4.79 Å². The summed E-state index contributed by atoms with van der Waals surface area (Å²) in [4.78, 5) is 35.5. The van der Waals surface area contributed by atoms with Crippen LogP contribution in [0.4, 0.5) is 0 Å². The molecule has 0 aliphatic heterocycles. The molecule has 0 bridgehead atoms. The highest BCUT2D eigenvalue weighted by molar-refractivity contribution is 6.40. The van der Waals surface area contributed by atoms with Gasteiger partial charge in [-0.3, -0.25) is 9.59 Å². The summed E-state index contributed by atoms with van der Waals surface area (Å²) in [5.74, 6) is -2.63. The van der Waals surface area contributed by atoms with E-state index in [1.54, 1.807) is 12.1 Å². The van der Waals surface area contributed by atoms with Gasteiger partial charge in [0.1, 0.15) is 6.04 Å². The summed E-state index contributed by atoms with van der Waals surface area (Å²) in [5.41, 5.74) is 6.94. The molecule has 0 unspecified atom stereocenters. The molecule has 0 radical (unpaired) electrons. The van der Waals surface area contributed by atoms with Crippen LogP contribution in [0.5, 0.6) is 0 Å². The third kappa shape index (κ3) is 5.45. The molecular weight excluding hydrogens is 405 g/mol. The molecule has 0 saturated heterocycles. The maximum absolute atomic E-state index is 12.5. The summed E-state index contributed by atoms with van der Waals surface area (Å²) in [6.45, 7) is 1.12. The van der Waals surface area contributed by atoms with Crippen molar-refractivity contribution < 1.29 is 19.5 Å². The zero-order valence-corrected chi connectivity index (χ0v) is 16.4. The highest BCUT2D eigenvalue weighted by Gasteiger charge is 2.25. The molecule has 9 heteroatoms. The Morgan fingerprint density at radius 3 is 2.14 bits per heavy atom. The number of nitrogens with one attached hydrogen (secondary N) is 2. The maximum atomic E-state index is 12.5. The number of hydrogen-bond donors (Lipinski definition) is 4. The van der Waals surface area contributed by atoms with Gasteiger partial charge < -0.3 is 21.5 Å². The van der Waals surface area contributed by atoms with Crippen molar-refractivity contribution in [2.24, 2.45) is 5.73 Å². The molecule has 2 amide bonds. The highest BCUT2D eigenvalue weighted by Crippen LogP contribution is 2.31. The summed E-state index contributed by atoms with van der Waals surface area (Å²) in [5, 5.41) is 14.1. The average Bonchev–Trinajstić information content (AvgIpc) is 2.64. The van der Waals surface area contributed by atoms with Crippen LogP contribution < -0.4 is 16.4 Å². The van der Waals surface area contributed by atoms with Crippen molar-refractivity contribution in [2.45, 2.75) is 19.0 Å². The molecule has 0 aliphatic rings. The fraction of sp³-hybridized carbons (Fsp3) is 0.211. The van der Waals surface area contributed by atoms with E-state index in [2.05, 4.69) is 10.6 Å². The number of aliphatic carboxylic acids is 1. The number of amides is 2. The predicted octanol–water partition coefficient (Wildman–Crippen LogP) is 2.31. The van der Waals surface area contributed by atoms with E-state index in [1.807, 2.05) is 30.3 Å². The summed E-state index contributed by atoms with van der Waals surface area (Å²) in [6.07, 6.45) is 0. The van der Waals surface area contributed by atoms with Crippen molar-refractivity contribution in [3.63, 3.8) is 0 Å². The molecule has 2 atom stereocenters. The van der Waals surface area contributed by atoms with E-state index in [0.717, 1.165) is 5.56 Å². The van der Waals surface area contributed by atoms with Crippen molar-refractivity contribution in [2.75, 3.05) is 6.54 Å². The van der Waals surface area contributed by atoms with Crippen molar-refractivity contribution in [3.05, 3.63) is 58.1 Å². The van der Waals surface area contributed by atoms with E-state index < -0.39 is 29.9 Å². The fourth-order valence-corrected chi connectivity index (χ4v) is 3.04. The summed E-state index contributed by atoms with van der Waals surface area (Å²) in [6, 6.07) is 10.3. The molecule has 5 N–H and O–H groups in total. The minimum absolute atomic E-state index is 0.0483. The van der Waals surface area contributed by atoms with Crippen LogP contribution in [0, 0.1) is 0 Å². The van der Waals surface area contributed by atoms with Crippen LogP contribution in [0.3, 0.4) is 0 Å². The lowest BCUT2D eigenvalue weighted by atomic mass is 10.0. The molecule has 0 aliphatic carbocycles. The van der Waals surface area contributed by atoms with Crippen LogP contribution in [0.15, 0.2) is 42.5 Å². The normalized spacial score (nSPS) is 12.7. The number of carboxylic acid groups (broad SMARTS) is 1. The Kier molecular flexibility index (Phi) is 7.39. The standard InChI is InChI=1S/C19H19Cl2N3O4/c1-10(22)17(25)23-9-15(19(27)28)24-18(26)16-13(20)7-12(8-14(16)21)11-5-3-2-4-6-11/h2-8,10,15H,9,22H2,1H3,(H,23,25)(H,24,26)(H,27,28)/t10-,15-/m0/s1. The van der Waals surface area contributed by atoms with Gasteiger partial charge in [0.15, 0.2) is 0 Å². The number of halogens is 2. The Morgan fingerprint density at radius 1 is 1.07 bits per heavy atom. The Bertz CT molecular complexity index is 865. The minimum atomic E-state index is -1.38. The number of carboxylic acids is 1. The number of carbonyl (C=O) groups is 3. The smallest absolute Gasteiger partial charge is 0.328 e. The molecule has 148 valence electrons. The summed E-state index contributed by atoms with van der Waals surface area (Å²) < 4.78 is 0. The third-order valence-electron chi connectivity index (χ3n) is 3.87. The van der Waals surface area contributed by atoms with Gasteiger partial charge >= 0.3 is 5.97 Å². The second-order valence-electron chi connectivity index (χ2n) is 6.08. The number of nitrogens with two attached hydrogens (primary N) is 1. The molecule has 28 heavy (non-hydrogen) atoms. The quantitative estimate of drug-likeness (QED) is 0.544. The van der Waals surface area contributed by atoms with Crippen LogP contribution in [0.1, 0.15) is 17.3 Å². The Labute approximate surface area is 171 Å². The molecule has 0 saturated carbocycles. The highest BCUT2D eigenvalue weighted by atomic mass is 35.5. The van der Waals surface area contributed by atoms with Crippen LogP contribution in [-0.4, -0.2) is 41.5 Å². The lowest BCUT2D eigenvalue weighted by Crippen LogP contribution is -2.50. The Hall–Kier alpha value is -2.61. The summed E-state index contributed by atoms with van der Waals surface area (Å²) in [7, 11) is 0. The molecule has 2 rings (SSSR count). The first-order valence-electron chi connectivity index (χ1n) is 8.32. The first-order chi connectivity index (χ1) is 13.2.